The number of nitrogens with zero attached hydrogens (tertiary/aromatic N) is 3. The predicted molar refractivity (Wildman–Crippen MR) is 106 cm³/mol. The van der Waals surface area contributed by atoms with Crippen LogP contribution in [0, 0.1) is 5.92 Å². The number of rotatable bonds is 4. The molecule has 1 aliphatic heterocycles. The van der Waals surface area contributed by atoms with E-state index in [0.717, 1.165) is 17.4 Å². The molecule has 1 saturated heterocycles. The number of nitrogens with one attached hydrogen (secondary N) is 1. The molecule has 4 nitrogen and oxygen atoms in total. The van der Waals surface area contributed by atoms with E-state index in [1.807, 2.05) is 18.3 Å². The van der Waals surface area contributed by atoms with Gasteiger partial charge in [-0.1, -0.05) is 19.9 Å². The first-order chi connectivity index (χ1) is 11.8. The molecular formula is C20H28N4S. The monoisotopic (exact) mass is 356 g/mol. The maximum absolute atomic E-state index is 5.67. The third kappa shape index (κ3) is 3.71. The maximum atomic E-state index is 5.67. The molecule has 1 aliphatic rings. The molecule has 2 aromatic heterocycles. The minimum atomic E-state index is 0.0637. The first-order valence-electron chi connectivity index (χ1n) is 8.94. The highest BCUT2D eigenvalue weighted by molar-refractivity contribution is 7.80. The molecule has 0 saturated carbocycles. The SMILES string of the molecule is CC(C)CN1C(=S)N[C@H](c2ccccn2)[C@H]1c1ccn(C(C)(C)C)c1. The third-order valence-corrected chi connectivity index (χ3v) is 4.94. The number of thiocarbonyl (C=S) groups is 1. The molecule has 1 N–H and O–H groups in total. The van der Waals surface area contributed by atoms with Crippen molar-refractivity contribution in [3.8, 4) is 0 Å². The zero-order chi connectivity index (χ0) is 18.2. The fraction of sp³-hybridized carbons (Fsp3) is 0.500. The lowest BCUT2D eigenvalue weighted by Crippen LogP contribution is -2.32. The Hall–Kier alpha value is -1.88. The lowest BCUT2D eigenvalue weighted by molar-refractivity contribution is 0.286. The van der Waals surface area contributed by atoms with Crippen LogP contribution in [0.1, 0.15) is 58.0 Å². The molecule has 5 heteroatoms. The summed E-state index contributed by atoms with van der Waals surface area (Å²) >= 11 is 5.67. The fourth-order valence-corrected chi connectivity index (χ4v) is 3.68. The Morgan fingerprint density at radius 1 is 1.24 bits per heavy atom. The van der Waals surface area contributed by atoms with E-state index >= 15 is 0 Å². The van der Waals surface area contributed by atoms with E-state index in [4.69, 9.17) is 12.2 Å². The minimum Gasteiger partial charge on any atom is -0.352 e. The summed E-state index contributed by atoms with van der Waals surface area (Å²) in [5.41, 5.74) is 2.37. The van der Waals surface area contributed by atoms with Crippen molar-refractivity contribution in [2.45, 2.75) is 52.2 Å². The average Bonchev–Trinajstić information content (AvgIpc) is 3.13. The molecule has 0 unspecified atom stereocenters. The second-order valence-electron chi connectivity index (χ2n) is 8.20. The fourth-order valence-electron chi connectivity index (χ4n) is 3.36. The van der Waals surface area contributed by atoms with Gasteiger partial charge in [-0.2, -0.15) is 0 Å². The molecule has 0 aromatic carbocycles. The second-order valence-corrected chi connectivity index (χ2v) is 8.58. The summed E-state index contributed by atoms with van der Waals surface area (Å²) in [5.74, 6) is 0.537. The standard InChI is InChI=1S/C20H28N4S/c1-14(2)12-24-18(15-9-11-23(13-15)20(3,4)5)17(22-19(24)25)16-8-6-7-10-21-16/h6-11,13-14,17-18H,12H2,1-5H3,(H,22,25)/t17-,18-/m1/s1. The lowest BCUT2D eigenvalue weighted by atomic mass is 9.98. The van der Waals surface area contributed by atoms with Crippen LogP contribution >= 0.6 is 12.2 Å². The minimum absolute atomic E-state index is 0.0637. The van der Waals surface area contributed by atoms with Crippen molar-refractivity contribution in [3.63, 3.8) is 0 Å². The molecule has 3 heterocycles. The van der Waals surface area contributed by atoms with Crippen molar-refractivity contribution in [2.24, 2.45) is 5.92 Å². The van der Waals surface area contributed by atoms with Gasteiger partial charge >= 0.3 is 0 Å². The zero-order valence-corrected chi connectivity index (χ0v) is 16.5. The molecule has 0 amide bonds. The average molecular weight is 357 g/mol. The highest BCUT2D eigenvalue weighted by Gasteiger charge is 2.40. The summed E-state index contributed by atoms with van der Waals surface area (Å²) in [7, 11) is 0. The number of hydrogen-bond donors (Lipinski definition) is 1. The van der Waals surface area contributed by atoms with E-state index in [2.05, 4.69) is 78.9 Å². The molecule has 25 heavy (non-hydrogen) atoms. The molecule has 0 radical (unpaired) electrons. The largest absolute Gasteiger partial charge is 0.352 e. The van der Waals surface area contributed by atoms with E-state index < -0.39 is 0 Å². The second kappa shape index (κ2) is 6.79. The smallest absolute Gasteiger partial charge is 0.170 e. The Labute approximate surface area is 156 Å². The number of hydrogen-bond acceptors (Lipinski definition) is 2. The highest BCUT2D eigenvalue weighted by atomic mass is 32.1. The predicted octanol–water partition coefficient (Wildman–Crippen LogP) is 4.27. The van der Waals surface area contributed by atoms with Crippen LogP contribution in [0.5, 0.6) is 0 Å². The van der Waals surface area contributed by atoms with E-state index in [0.29, 0.717) is 5.92 Å². The number of aromatic nitrogens is 2. The molecule has 134 valence electrons. The van der Waals surface area contributed by atoms with Gasteiger partial charge in [0.1, 0.15) is 0 Å². The quantitative estimate of drug-likeness (QED) is 0.830. The van der Waals surface area contributed by atoms with Crippen LogP contribution in [0.2, 0.25) is 0 Å². The van der Waals surface area contributed by atoms with Gasteiger partial charge in [-0.05, 0) is 62.7 Å². The van der Waals surface area contributed by atoms with Crippen LogP contribution < -0.4 is 5.32 Å². The lowest BCUT2D eigenvalue weighted by Gasteiger charge is -2.29. The van der Waals surface area contributed by atoms with Crippen LogP contribution in [0.4, 0.5) is 0 Å². The van der Waals surface area contributed by atoms with Crippen LogP contribution in [-0.2, 0) is 5.54 Å². The molecule has 1 fully saturated rings. The Kier molecular flexibility index (Phi) is 4.87. The Morgan fingerprint density at radius 3 is 2.56 bits per heavy atom. The van der Waals surface area contributed by atoms with E-state index in [-0.39, 0.29) is 17.6 Å². The molecule has 2 atom stereocenters. The summed E-state index contributed by atoms with van der Waals surface area (Å²) in [5, 5.41) is 4.33. The summed E-state index contributed by atoms with van der Waals surface area (Å²) in [6.07, 6.45) is 6.27. The van der Waals surface area contributed by atoms with Gasteiger partial charge in [0.2, 0.25) is 0 Å². The van der Waals surface area contributed by atoms with E-state index in [1.165, 1.54) is 5.56 Å². The topological polar surface area (TPSA) is 33.1 Å². The first-order valence-corrected chi connectivity index (χ1v) is 9.34. The first kappa shape index (κ1) is 17.9. The third-order valence-electron chi connectivity index (χ3n) is 4.59. The Balaban J connectivity index is 2.01. The van der Waals surface area contributed by atoms with E-state index in [9.17, 15) is 0 Å². The van der Waals surface area contributed by atoms with E-state index in [1.54, 1.807) is 0 Å². The summed E-state index contributed by atoms with van der Waals surface area (Å²) in [4.78, 5) is 6.91. The van der Waals surface area contributed by atoms with Crippen LogP contribution in [0.3, 0.4) is 0 Å². The van der Waals surface area contributed by atoms with Gasteiger partial charge in [0.05, 0.1) is 17.8 Å². The van der Waals surface area contributed by atoms with Gasteiger partial charge < -0.3 is 14.8 Å². The summed E-state index contributed by atoms with van der Waals surface area (Å²) in [6, 6.07) is 8.52. The normalized spacial score (nSPS) is 21.0. The molecule has 3 rings (SSSR count). The van der Waals surface area contributed by atoms with Crippen molar-refractivity contribution in [1.29, 1.82) is 0 Å². The van der Waals surface area contributed by atoms with Crippen molar-refractivity contribution < 1.29 is 0 Å². The van der Waals surface area contributed by atoms with Gasteiger partial charge in [-0.3, -0.25) is 4.98 Å². The van der Waals surface area contributed by atoms with Crippen molar-refractivity contribution in [2.75, 3.05) is 6.54 Å². The van der Waals surface area contributed by atoms with Gasteiger partial charge in [0.15, 0.2) is 5.11 Å². The summed E-state index contributed by atoms with van der Waals surface area (Å²) < 4.78 is 2.27. The molecule has 0 bridgehead atoms. The van der Waals surface area contributed by atoms with Gasteiger partial charge in [0, 0.05) is 30.7 Å². The van der Waals surface area contributed by atoms with Crippen molar-refractivity contribution in [1.82, 2.24) is 19.8 Å². The van der Waals surface area contributed by atoms with Gasteiger partial charge in [0.25, 0.3) is 0 Å². The summed E-state index contributed by atoms with van der Waals surface area (Å²) in [6.45, 7) is 12.0. The Morgan fingerprint density at radius 2 is 2.00 bits per heavy atom. The molecule has 0 aliphatic carbocycles. The molecular weight excluding hydrogens is 328 g/mol. The van der Waals surface area contributed by atoms with Gasteiger partial charge in [-0.25, -0.2) is 0 Å². The maximum Gasteiger partial charge on any atom is 0.170 e. The van der Waals surface area contributed by atoms with Crippen LogP contribution in [0.25, 0.3) is 0 Å². The van der Waals surface area contributed by atoms with Crippen molar-refractivity contribution >= 4 is 17.3 Å². The zero-order valence-electron chi connectivity index (χ0n) is 15.7. The molecule has 2 aromatic rings. The van der Waals surface area contributed by atoms with Crippen molar-refractivity contribution in [3.05, 3.63) is 54.1 Å². The highest BCUT2D eigenvalue weighted by Crippen LogP contribution is 2.39. The van der Waals surface area contributed by atoms with Gasteiger partial charge in [-0.15, -0.1) is 0 Å². The van der Waals surface area contributed by atoms with Crippen LogP contribution in [0.15, 0.2) is 42.9 Å². The Bertz CT molecular complexity index is 730. The molecule has 0 spiro atoms. The number of pyridine rings is 1. The van der Waals surface area contributed by atoms with Crippen LogP contribution in [-0.4, -0.2) is 26.1 Å².